The van der Waals surface area contributed by atoms with Gasteiger partial charge in [-0.3, -0.25) is 14.4 Å². The fourth-order valence-electron chi connectivity index (χ4n) is 2.52. The Hall–Kier alpha value is 0.240. The predicted molar refractivity (Wildman–Crippen MR) is 116 cm³/mol. The molecule has 1 heterocycles. The highest BCUT2D eigenvalue weighted by Crippen LogP contribution is 2.69. The Bertz CT molecular complexity index is 611. The molecule has 0 saturated heterocycles. The number of aryl methyl sites for hydroxylation is 1. The van der Waals surface area contributed by atoms with E-state index in [9.17, 15) is 9.13 Å². The number of hydrogen-bond donors (Lipinski definition) is 2. The van der Waals surface area contributed by atoms with Crippen LogP contribution >= 0.6 is 39.2 Å². The Morgan fingerprint density at radius 2 is 1.50 bits per heavy atom. The largest absolute Gasteiger partial charge is 0.359 e. The lowest BCUT2D eigenvalue weighted by Crippen LogP contribution is -2.33. The number of aromatic nitrogens is 1. The Morgan fingerprint density at radius 1 is 1.00 bits per heavy atom. The van der Waals surface area contributed by atoms with E-state index in [-0.39, 0.29) is 26.4 Å². The van der Waals surface area contributed by atoms with Crippen LogP contribution < -0.4 is 5.32 Å². The first kappa shape index (κ1) is 26.3. The summed E-state index contributed by atoms with van der Waals surface area (Å²) >= 11 is 5.78. The van der Waals surface area contributed by atoms with Crippen LogP contribution in [-0.4, -0.2) is 43.5 Å². The van der Waals surface area contributed by atoms with Crippen molar-refractivity contribution >= 4 is 39.2 Å². The molecule has 1 aromatic heterocycles. The first-order valence-electron chi connectivity index (χ1n) is 9.49. The second kappa shape index (κ2) is 13.5. The highest BCUT2D eigenvalue weighted by molar-refractivity contribution is 7.80. The van der Waals surface area contributed by atoms with Crippen molar-refractivity contribution in [2.45, 2.75) is 57.5 Å². The molecule has 8 nitrogen and oxygen atoms in total. The average Bonchev–Trinajstić information content (AvgIpc) is 3.04. The van der Waals surface area contributed by atoms with Gasteiger partial charge in [0.25, 0.3) is 0 Å². The molecule has 0 fully saturated rings. The van der Waals surface area contributed by atoms with Gasteiger partial charge in [0.05, 0.1) is 31.4 Å². The SMILES string of the molecule is CCOP(=O)(OCC)C(NCCCCc1nc(S)cs1)P(=O)(OCC)OCC. The maximum atomic E-state index is 13.3. The zero-order valence-electron chi connectivity index (χ0n) is 17.0. The molecule has 0 spiro atoms. The van der Waals surface area contributed by atoms with E-state index in [0.29, 0.717) is 6.54 Å². The van der Waals surface area contributed by atoms with Gasteiger partial charge in [-0.05, 0) is 53.5 Å². The van der Waals surface area contributed by atoms with Crippen molar-refractivity contribution in [3.05, 3.63) is 10.4 Å². The van der Waals surface area contributed by atoms with Crippen LogP contribution in [0.15, 0.2) is 10.4 Å². The third kappa shape index (κ3) is 8.17. The Morgan fingerprint density at radius 3 is 1.89 bits per heavy atom. The summed E-state index contributed by atoms with van der Waals surface area (Å²) in [6.07, 6.45) is 2.44. The van der Waals surface area contributed by atoms with Crippen molar-refractivity contribution in [2.24, 2.45) is 0 Å². The van der Waals surface area contributed by atoms with Gasteiger partial charge in [0.2, 0.25) is 5.52 Å². The normalized spacial score (nSPS) is 12.8. The summed E-state index contributed by atoms with van der Waals surface area (Å²) in [6, 6.07) is 0. The summed E-state index contributed by atoms with van der Waals surface area (Å²) in [5.74, 6) is 0. The number of hydrogen-bond acceptors (Lipinski definition) is 10. The van der Waals surface area contributed by atoms with Gasteiger partial charge in [-0.1, -0.05) is 0 Å². The molecule has 1 N–H and O–H groups in total. The predicted octanol–water partition coefficient (Wildman–Crippen LogP) is 5.16. The van der Waals surface area contributed by atoms with Gasteiger partial charge in [0.15, 0.2) is 0 Å². The molecule has 0 aliphatic rings. The quantitative estimate of drug-likeness (QED) is 0.193. The Kier molecular flexibility index (Phi) is 12.7. The lowest BCUT2D eigenvalue weighted by molar-refractivity contribution is 0.190. The van der Waals surface area contributed by atoms with Crippen LogP contribution in [0.2, 0.25) is 0 Å². The number of nitrogens with one attached hydrogen (secondary N) is 1. The monoisotopic (exact) mass is 474 g/mol. The number of nitrogens with zero attached hydrogens (tertiary/aromatic N) is 1. The Balaban J connectivity index is 2.83. The molecule has 0 atom stereocenters. The summed E-state index contributed by atoms with van der Waals surface area (Å²) in [6.45, 7) is 7.91. The van der Waals surface area contributed by atoms with E-state index in [1.54, 1.807) is 39.0 Å². The van der Waals surface area contributed by atoms with Crippen LogP contribution in [0, 0.1) is 0 Å². The second-order valence-corrected chi connectivity index (χ2v) is 11.7. The molecule has 0 aromatic carbocycles. The molecule has 12 heteroatoms. The van der Waals surface area contributed by atoms with E-state index in [1.807, 2.05) is 5.38 Å². The number of unbranched alkanes of at least 4 members (excludes halogenated alkanes) is 1. The molecule has 0 aliphatic heterocycles. The van der Waals surface area contributed by atoms with Crippen molar-refractivity contribution in [2.75, 3.05) is 33.0 Å². The molecule has 0 saturated carbocycles. The molecule has 0 aliphatic carbocycles. The van der Waals surface area contributed by atoms with E-state index in [0.717, 1.165) is 29.3 Å². The van der Waals surface area contributed by atoms with Crippen LogP contribution in [0.4, 0.5) is 0 Å². The topological polar surface area (TPSA) is 96.0 Å². The van der Waals surface area contributed by atoms with Gasteiger partial charge in [0, 0.05) is 5.38 Å². The number of thiol groups is 1. The molecule has 1 rings (SSSR count). The van der Waals surface area contributed by atoms with Crippen molar-refractivity contribution in [3.63, 3.8) is 0 Å². The van der Waals surface area contributed by atoms with Gasteiger partial charge < -0.3 is 18.1 Å². The molecular formula is C16H32N2O6P2S2. The van der Waals surface area contributed by atoms with Crippen LogP contribution in [0.5, 0.6) is 0 Å². The zero-order chi connectivity index (χ0) is 21.0. The second-order valence-electron chi connectivity index (χ2n) is 5.64. The maximum absolute atomic E-state index is 13.3. The summed E-state index contributed by atoms with van der Waals surface area (Å²) in [7, 11) is -7.52. The van der Waals surface area contributed by atoms with Crippen molar-refractivity contribution in [1.82, 2.24) is 10.3 Å². The van der Waals surface area contributed by atoms with Gasteiger partial charge in [-0.15, -0.1) is 24.0 Å². The molecule has 1 aromatic rings. The minimum Gasteiger partial charge on any atom is -0.307 e. The van der Waals surface area contributed by atoms with E-state index in [2.05, 4.69) is 22.9 Å². The highest BCUT2D eigenvalue weighted by atomic mass is 32.1. The third-order valence-corrected chi connectivity index (χ3v) is 10.6. The summed E-state index contributed by atoms with van der Waals surface area (Å²) in [5, 5.41) is 6.71. The fourth-order valence-corrected chi connectivity index (χ4v) is 8.62. The van der Waals surface area contributed by atoms with E-state index in [1.165, 1.54) is 0 Å². The molecule has 0 amide bonds. The van der Waals surface area contributed by atoms with E-state index < -0.39 is 20.7 Å². The fraction of sp³-hybridized carbons (Fsp3) is 0.812. The van der Waals surface area contributed by atoms with E-state index in [4.69, 9.17) is 18.1 Å². The van der Waals surface area contributed by atoms with E-state index >= 15 is 0 Å². The first-order valence-corrected chi connectivity index (χ1v) is 14.0. The van der Waals surface area contributed by atoms with Crippen molar-refractivity contribution in [1.29, 1.82) is 0 Å². The molecule has 0 radical (unpaired) electrons. The standard InChI is InChI=1S/C16H32N2O6P2S2/c1-5-21-25(19,22-6-2)16(26(20,23-7-3)24-8-4)17-12-10-9-11-15-18-14(27)13-28-15/h13,16-17,27H,5-12H2,1-4H3. The van der Waals surface area contributed by atoms with Crippen LogP contribution in [0.25, 0.3) is 0 Å². The molecular weight excluding hydrogens is 442 g/mol. The lowest BCUT2D eigenvalue weighted by atomic mass is 10.2. The van der Waals surface area contributed by atoms with Crippen molar-refractivity contribution < 1.29 is 27.2 Å². The smallest absolute Gasteiger partial charge is 0.307 e. The molecule has 0 unspecified atom stereocenters. The van der Waals surface area contributed by atoms with Crippen LogP contribution in [0.3, 0.4) is 0 Å². The average molecular weight is 475 g/mol. The minimum absolute atomic E-state index is 0.157. The Labute approximate surface area is 177 Å². The molecule has 0 bridgehead atoms. The number of thiazole rings is 1. The zero-order valence-corrected chi connectivity index (χ0v) is 20.5. The van der Waals surface area contributed by atoms with Gasteiger partial charge in [0.1, 0.15) is 5.03 Å². The first-order chi connectivity index (χ1) is 13.3. The highest BCUT2D eigenvalue weighted by Gasteiger charge is 2.50. The van der Waals surface area contributed by atoms with Crippen LogP contribution in [0.1, 0.15) is 45.5 Å². The summed E-state index contributed by atoms with van der Waals surface area (Å²) in [4.78, 5) is 4.31. The van der Waals surface area contributed by atoms with Gasteiger partial charge >= 0.3 is 15.2 Å². The van der Waals surface area contributed by atoms with Gasteiger partial charge in [-0.2, -0.15) is 0 Å². The molecule has 164 valence electrons. The summed E-state index contributed by atoms with van der Waals surface area (Å²) < 4.78 is 48.4. The number of rotatable bonds is 16. The molecule has 28 heavy (non-hydrogen) atoms. The van der Waals surface area contributed by atoms with Crippen molar-refractivity contribution in [3.8, 4) is 0 Å². The maximum Gasteiger partial charge on any atom is 0.359 e. The van der Waals surface area contributed by atoms with Crippen LogP contribution in [-0.2, 0) is 33.6 Å². The third-order valence-electron chi connectivity index (χ3n) is 3.52. The van der Waals surface area contributed by atoms with Gasteiger partial charge in [-0.25, -0.2) is 4.98 Å². The lowest BCUT2D eigenvalue weighted by Gasteiger charge is -2.31. The minimum atomic E-state index is -3.76. The summed E-state index contributed by atoms with van der Waals surface area (Å²) in [5.41, 5.74) is -1.18.